The van der Waals surface area contributed by atoms with Gasteiger partial charge in [-0.25, -0.2) is 4.79 Å². The second-order valence-electron chi connectivity index (χ2n) is 5.98. The van der Waals surface area contributed by atoms with Crippen molar-refractivity contribution < 1.29 is 19.1 Å². The summed E-state index contributed by atoms with van der Waals surface area (Å²) in [5, 5.41) is 0. The minimum atomic E-state index is -0.517. The molecule has 0 aromatic heterocycles. The van der Waals surface area contributed by atoms with Gasteiger partial charge in [0.15, 0.2) is 6.61 Å². The molecule has 1 heterocycles. The monoisotopic (exact) mass is 339 g/mol. The van der Waals surface area contributed by atoms with E-state index in [0.29, 0.717) is 17.9 Å². The van der Waals surface area contributed by atoms with E-state index in [9.17, 15) is 9.59 Å². The lowest BCUT2D eigenvalue weighted by atomic mass is 10.1. The third kappa shape index (κ3) is 3.65. The van der Waals surface area contributed by atoms with Crippen LogP contribution in [0.4, 0.5) is 5.69 Å². The van der Waals surface area contributed by atoms with Crippen LogP contribution in [-0.4, -0.2) is 31.1 Å². The Morgan fingerprint density at radius 3 is 2.56 bits per heavy atom. The van der Waals surface area contributed by atoms with Gasteiger partial charge in [-0.3, -0.25) is 4.79 Å². The van der Waals surface area contributed by atoms with E-state index in [1.807, 2.05) is 38.1 Å². The highest BCUT2D eigenvalue weighted by molar-refractivity contribution is 5.99. The molecule has 1 amide bonds. The Hall–Kier alpha value is -2.82. The summed E-state index contributed by atoms with van der Waals surface area (Å²) in [6, 6.07) is 14.6. The fourth-order valence-corrected chi connectivity index (χ4v) is 3.08. The summed E-state index contributed by atoms with van der Waals surface area (Å²) in [6.45, 7) is 4.18. The SMILES string of the molecule is CCOc1ccc(C(=O)OCC(=O)N2c3ccccc3C[C@@H]2C)cc1. The van der Waals surface area contributed by atoms with E-state index < -0.39 is 5.97 Å². The van der Waals surface area contributed by atoms with Crippen LogP contribution in [0.5, 0.6) is 5.75 Å². The summed E-state index contributed by atoms with van der Waals surface area (Å²) < 4.78 is 10.5. The number of fused-ring (bicyclic) bond motifs is 1. The Morgan fingerprint density at radius 2 is 1.84 bits per heavy atom. The Morgan fingerprint density at radius 1 is 1.12 bits per heavy atom. The third-order valence-corrected chi connectivity index (χ3v) is 4.20. The van der Waals surface area contributed by atoms with Crippen molar-refractivity contribution in [3.05, 3.63) is 59.7 Å². The Labute approximate surface area is 147 Å². The molecule has 2 aromatic carbocycles. The molecule has 0 spiro atoms. The number of hydrogen-bond acceptors (Lipinski definition) is 4. The van der Waals surface area contributed by atoms with Crippen LogP contribution in [0.3, 0.4) is 0 Å². The van der Waals surface area contributed by atoms with Gasteiger partial charge in [0.2, 0.25) is 0 Å². The maximum absolute atomic E-state index is 12.5. The third-order valence-electron chi connectivity index (χ3n) is 4.20. The van der Waals surface area contributed by atoms with E-state index >= 15 is 0 Å². The molecule has 1 aliphatic heterocycles. The molecule has 0 unspecified atom stereocenters. The van der Waals surface area contributed by atoms with E-state index in [2.05, 4.69) is 0 Å². The smallest absolute Gasteiger partial charge is 0.338 e. The van der Waals surface area contributed by atoms with Gasteiger partial charge >= 0.3 is 5.97 Å². The minimum absolute atomic E-state index is 0.0640. The van der Waals surface area contributed by atoms with E-state index in [0.717, 1.165) is 17.7 Å². The lowest BCUT2D eigenvalue weighted by molar-refractivity contribution is -0.122. The van der Waals surface area contributed by atoms with Crippen LogP contribution in [0, 0.1) is 0 Å². The number of carbonyl (C=O) groups excluding carboxylic acids is 2. The minimum Gasteiger partial charge on any atom is -0.494 e. The molecule has 0 radical (unpaired) electrons. The second-order valence-corrected chi connectivity index (χ2v) is 5.98. The van der Waals surface area contributed by atoms with E-state index in [-0.39, 0.29) is 18.6 Å². The van der Waals surface area contributed by atoms with Crippen LogP contribution in [0.15, 0.2) is 48.5 Å². The molecular formula is C20H21NO4. The molecule has 0 saturated carbocycles. The predicted octanol–water partition coefficient (Wildman–Crippen LogP) is 3.22. The average Bonchev–Trinajstić information content (AvgIpc) is 2.96. The summed E-state index contributed by atoms with van der Waals surface area (Å²) in [5.41, 5.74) is 2.43. The van der Waals surface area contributed by atoms with Gasteiger partial charge in [-0.05, 0) is 56.2 Å². The normalized spacial score (nSPS) is 15.6. The van der Waals surface area contributed by atoms with E-state index in [1.165, 1.54) is 0 Å². The lowest BCUT2D eigenvalue weighted by Gasteiger charge is -2.22. The first-order valence-electron chi connectivity index (χ1n) is 8.40. The molecule has 0 fully saturated rings. The first-order chi connectivity index (χ1) is 12.1. The maximum Gasteiger partial charge on any atom is 0.338 e. The quantitative estimate of drug-likeness (QED) is 0.785. The van der Waals surface area contributed by atoms with Crippen LogP contribution in [0.1, 0.15) is 29.8 Å². The zero-order chi connectivity index (χ0) is 17.8. The van der Waals surface area contributed by atoms with Crippen molar-refractivity contribution in [3.8, 4) is 5.75 Å². The van der Waals surface area contributed by atoms with Crippen molar-refractivity contribution >= 4 is 17.6 Å². The Bertz CT molecular complexity index is 770. The van der Waals surface area contributed by atoms with Gasteiger partial charge < -0.3 is 14.4 Å². The van der Waals surface area contributed by atoms with Crippen molar-refractivity contribution in [1.82, 2.24) is 0 Å². The first-order valence-corrected chi connectivity index (χ1v) is 8.40. The fourth-order valence-electron chi connectivity index (χ4n) is 3.08. The summed E-state index contributed by atoms with van der Waals surface area (Å²) in [5.74, 6) is -0.0362. The van der Waals surface area contributed by atoms with Crippen LogP contribution in [0.2, 0.25) is 0 Å². The fraction of sp³-hybridized carbons (Fsp3) is 0.300. The zero-order valence-corrected chi connectivity index (χ0v) is 14.4. The number of hydrogen-bond donors (Lipinski definition) is 0. The van der Waals surface area contributed by atoms with E-state index in [1.54, 1.807) is 29.2 Å². The number of esters is 1. The summed E-state index contributed by atoms with van der Waals surface area (Å²) in [6.07, 6.45) is 0.814. The Balaban J connectivity index is 1.61. The molecule has 1 atom stereocenters. The molecule has 5 heteroatoms. The number of nitrogens with zero attached hydrogens (tertiary/aromatic N) is 1. The van der Waals surface area contributed by atoms with Gasteiger partial charge in [-0.2, -0.15) is 0 Å². The van der Waals surface area contributed by atoms with Gasteiger partial charge in [0.05, 0.1) is 12.2 Å². The molecule has 0 bridgehead atoms. The molecule has 130 valence electrons. The second kappa shape index (κ2) is 7.38. The number of anilines is 1. The summed E-state index contributed by atoms with van der Waals surface area (Å²) >= 11 is 0. The van der Waals surface area contributed by atoms with Crippen molar-refractivity contribution in [1.29, 1.82) is 0 Å². The highest BCUT2D eigenvalue weighted by atomic mass is 16.5. The molecule has 0 saturated heterocycles. The topological polar surface area (TPSA) is 55.8 Å². The molecule has 1 aliphatic rings. The van der Waals surface area contributed by atoms with Crippen LogP contribution >= 0.6 is 0 Å². The number of benzene rings is 2. The summed E-state index contributed by atoms with van der Waals surface area (Å²) in [7, 11) is 0. The maximum atomic E-state index is 12.5. The van der Waals surface area contributed by atoms with Crippen molar-refractivity contribution in [2.24, 2.45) is 0 Å². The van der Waals surface area contributed by atoms with Gasteiger partial charge in [0.25, 0.3) is 5.91 Å². The molecule has 5 nitrogen and oxygen atoms in total. The van der Waals surface area contributed by atoms with Crippen LogP contribution in [0.25, 0.3) is 0 Å². The largest absolute Gasteiger partial charge is 0.494 e. The summed E-state index contributed by atoms with van der Waals surface area (Å²) in [4.78, 5) is 26.4. The Kier molecular flexibility index (Phi) is 5.03. The van der Waals surface area contributed by atoms with Gasteiger partial charge in [0, 0.05) is 11.7 Å². The number of para-hydroxylation sites is 1. The average molecular weight is 339 g/mol. The molecule has 2 aromatic rings. The standard InChI is InChI=1S/C20H21NO4/c1-3-24-17-10-8-15(9-11-17)20(23)25-13-19(22)21-14(2)12-16-6-4-5-7-18(16)21/h4-11,14H,3,12-13H2,1-2H3/t14-/m0/s1. The van der Waals surface area contributed by atoms with Gasteiger partial charge in [0.1, 0.15) is 5.75 Å². The number of carbonyl (C=O) groups is 2. The predicted molar refractivity (Wildman–Crippen MR) is 95.0 cm³/mol. The number of ether oxygens (including phenoxy) is 2. The van der Waals surface area contributed by atoms with Crippen molar-refractivity contribution in [2.45, 2.75) is 26.3 Å². The molecule has 25 heavy (non-hydrogen) atoms. The highest BCUT2D eigenvalue weighted by Crippen LogP contribution is 2.31. The number of amides is 1. The molecule has 0 aliphatic carbocycles. The number of rotatable bonds is 5. The highest BCUT2D eigenvalue weighted by Gasteiger charge is 2.30. The van der Waals surface area contributed by atoms with Crippen molar-refractivity contribution in [2.75, 3.05) is 18.1 Å². The zero-order valence-electron chi connectivity index (χ0n) is 14.4. The first kappa shape index (κ1) is 17.0. The van der Waals surface area contributed by atoms with Gasteiger partial charge in [-0.1, -0.05) is 18.2 Å². The molecule has 0 N–H and O–H groups in total. The molecular weight excluding hydrogens is 318 g/mol. The molecule has 3 rings (SSSR count). The van der Waals surface area contributed by atoms with Crippen LogP contribution in [-0.2, 0) is 16.0 Å². The van der Waals surface area contributed by atoms with E-state index in [4.69, 9.17) is 9.47 Å². The lowest BCUT2D eigenvalue weighted by Crippen LogP contribution is -2.38. The van der Waals surface area contributed by atoms with Crippen LogP contribution < -0.4 is 9.64 Å². The van der Waals surface area contributed by atoms with Crippen molar-refractivity contribution in [3.63, 3.8) is 0 Å². The van der Waals surface area contributed by atoms with Gasteiger partial charge in [-0.15, -0.1) is 0 Å².